The molecular formula is C10H22N4O6. The molecule has 2 amide bonds. The molecule has 118 valence electrons. The molecule has 10 nitrogen and oxygen atoms in total. The summed E-state index contributed by atoms with van der Waals surface area (Å²) < 4.78 is 0. The molecule has 0 atom stereocenters. The Morgan fingerprint density at radius 1 is 0.900 bits per heavy atom. The third-order valence-electron chi connectivity index (χ3n) is 1.16. The zero-order chi connectivity index (χ0) is 16.7. The first kappa shape index (κ1) is 22.9. The second-order valence-electron chi connectivity index (χ2n) is 3.51. The van der Waals surface area contributed by atoms with Crippen LogP contribution in [0.5, 0.6) is 0 Å². The van der Waals surface area contributed by atoms with E-state index in [1.54, 1.807) is 0 Å². The van der Waals surface area contributed by atoms with Gasteiger partial charge in [0.15, 0.2) is 0 Å². The lowest BCUT2D eigenvalue weighted by molar-refractivity contribution is -0.141. The lowest BCUT2D eigenvalue weighted by Gasteiger charge is -2.15. The van der Waals surface area contributed by atoms with Crippen LogP contribution in [0.4, 0.5) is 0 Å². The van der Waals surface area contributed by atoms with Crippen LogP contribution in [0.1, 0.15) is 13.8 Å². The van der Waals surface area contributed by atoms with Crippen molar-refractivity contribution >= 4 is 23.8 Å². The van der Waals surface area contributed by atoms with Crippen molar-refractivity contribution in [2.24, 2.45) is 17.2 Å². The number of hydrogen-bond acceptors (Lipinski definition) is 6. The largest absolute Gasteiger partial charge is 0.480 e. The number of rotatable bonds is 6. The van der Waals surface area contributed by atoms with Crippen LogP contribution in [0.15, 0.2) is 0 Å². The molecule has 0 aromatic heterocycles. The van der Waals surface area contributed by atoms with Crippen LogP contribution in [-0.4, -0.2) is 65.0 Å². The number of nitrogens with two attached hydrogens (primary N) is 3. The van der Waals surface area contributed by atoms with Gasteiger partial charge in [0, 0.05) is 26.9 Å². The summed E-state index contributed by atoms with van der Waals surface area (Å²) in [6.45, 7) is 2.56. The van der Waals surface area contributed by atoms with Gasteiger partial charge in [0.25, 0.3) is 0 Å². The predicted molar refractivity (Wildman–Crippen MR) is 70.5 cm³/mol. The van der Waals surface area contributed by atoms with Crippen LogP contribution in [-0.2, 0) is 19.2 Å². The molecule has 0 aromatic rings. The van der Waals surface area contributed by atoms with Crippen LogP contribution in [0.25, 0.3) is 0 Å². The summed E-state index contributed by atoms with van der Waals surface area (Å²) in [5.74, 6) is -2.77. The van der Waals surface area contributed by atoms with Crippen molar-refractivity contribution in [3.63, 3.8) is 0 Å². The van der Waals surface area contributed by atoms with Gasteiger partial charge in [-0.25, -0.2) is 0 Å². The standard InChI is InChI=1S/C6H12N2O4.2C2H5NO/c7-1-2-8(3-5(9)10)4-6(11)12;2*1-2(3)4/h1-4,7H2,(H,9,10)(H,11,12);2*1H3,(H2,3,4). The van der Waals surface area contributed by atoms with Gasteiger partial charge in [0.1, 0.15) is 0 Å². The molecule has 0 aliphatic rings. The fourth-order valence-electron chi connectivity index (χ4n) is 0.779. The molecule has 0 unspecified atom stereocenters. The van der Waals surface area contributed by atoms with Gasteiger partial charge in [-0.05, 0) is 0 Å². The van der Waals surface area contributed by atoms with Crippen LogP contribution in [0.3, 0.4) is 0 Å². The Balaban J connectivity index is -0.000000297. The van der Waals surface area contributed by atoms with E-state index in [1.807, 2.05) is 0 Å². The fourth-order valence-corrected chi connectivity index (χ4v) is 0.779. The molecule has 0 radical (unpaired) electrons. The highest BCUT2D eigenvalue weighted by atomic mass is 16.4. The van der Waals surface area contributed by atoms with Gasteiger partial charge >= 0.3 is 11.9 Å². The van der Waals surface area contributed by atoms with Gasteiger partial charge in [0.05, 0.1) is 13.1 Å². The number of carbonyl (C=O) groups excluding carboxylic acids is 2. The topological polar surface area (TPSA) is 190 Å². The number of amides is 2. The molecule has 0 fully saturated rings. The van der Waals surface area contributed by atoms with Crippen molar-refractivity contribution < 1.29 is 29.4 Å². The van der Waals surface area contributed by atoms with Gasteiger partial charge in [-0.3, -0.25) is 24.1 Å². The number of aliphatic carboxylic acids is 2. The quantitative estimate of drug-likeness (QED) is 0.352. The highest BCUT2D eigenvalue weighted by Gasteiger charge is 2.11. The lowest BCUT2D eigenvalue weighted by atomic mass is 10.4. The Kier molecular flexibility index (Phi) is 17.0. The average Bonchev–Trinajstić information content (AvgIpc) is 2.13. The third kappa shape index (κ3) is 44.7. The summed E-state index contributed by atoms with van der Waals surface area (Å²) >= 11 is 0. The molecule has 0 bridgehead atoms. The van der Waals surface area contributed by atoms with E-state index in [2.05, 4.69) is 11.5 Å². The number of hydrogen-bond donors (Lipinski definition) is 5. The Morgan fingerprint density at radius 3 is 1.30 bits per heavy atom. The van der Waals surface area contributed by atoms with Crippen LogP contribution < -0.4 is 17.2 Å². The van der Waals surface area contributed by atoms with Crippen molar-refractivity contribution in [3.8, 4) is 0 Å². The molecule has 0 aromatic carbocycles. The maximum absolute atomic E-state index is 10.2. The predicted octanol–water partition coefficient (Wildman–Crippen LogP) is -2.60. The minimum Gasteiger partial charge on any atom is -0.480 e. The molecule has 0 rings (SSSR count). The summed E-state index contributed by atoms with van der Waals surface area (Å²) in [5, 5.41) is 16.7. The van der Waals surface area contributed by atoms with Crippen molar-refractivity contribution in [1.29, 1.82) is 0 Å². The number of carbonyl (C=O) groups is 4. The van der Waals surface area contributed by atoms with E-state index < -0.39 is 11.9 Å². The minimum atomic E-state index is -1.05. The Labute approximate surface area is 116 Å². The van der Waals surface area contributed by atoms with E-state index in [9.17, 15) is 19.2 Å². The van der Waals surface area contributed by atoms with Crippen molar-refractivity contribution in [1.82, 2.24) is 4.90 Å². The summed E-state index contributed by atoms with van der Waals surface area (Å²) in [6.07, 6.45) is 0. The SMILES string of the molecule is CC(N)=O.CC(N)=O.NCCN(CC(=O)O)CC(=O)O. The number of primary amides is 2. The molecule has 8 N–H and O–H groups in total. The van der Waals surface area contributed by atoms with E-state index in [4.69, 9.17) is 15.9 Å². The molecule has 0 saturated heterocycles. The van der Waals surface area contributed by atoms with Gasteiger partial charge in [-0.15, -0.1) is 0 Å². The van der Waals surface area contributed by atoms with Gasteiger partial charge in [-0.2, -0.15) is 0 Å². The number of carboxylic acids is 2. The van der Waals surface area contributed by atoms with Crippen LogP contribution >= 0.6 is 0 Å². The summed E-state index contributed by atoms with van der Waals surface area (Å²) in [6, 6.07) is 0. The van der Waals surface area contributed by atoms with Crippen LogP contribution in [0.2, 0.25) is 0 Å². The lowest BCUT2D eigenvalue weighted by Crippen LogP contribution is -2.37. The van der Waals surface area contributed by atoms with Gasteiger partial charge in [0.2, 0.25) is 11.8 Å². The van der Waals surface area contributed by atoms with Crippen LogP contribution in [0, 0.1) is 0 Å². The van der Waals surface area contributed by atoms with E-state index in [0.717, 1.165) is 0 Å². The molecule has 20 heavy (non-hydrogen) atoms. The summed E-state index contributed by atoms with van der Waals surface area (Å²) in [7, 11) is 0. The molecule has 0 aliphatic heterocycles. The Hall–Kier alpha value is -2.20. The maximum Gasteiger partial charge on any atom is 0.317 e. The van der Waals surface area contributed by atoms with E-state index >= 15 is 0 Å². The van der Waals surface area contributed by atoms with E-state index in [1.165, 1.54) is 18.7 Å². The second kappa shape index (κ2) is 14.9. The summed E-state index contributed by atoms with van der Waals surface area (Å²) in [4.78, 5) is 40.1. The smallest absolute Gasteiger partial charge is 0.317 e. The first-order valence-corrected chi connectivity index (χ1v) is 5.41. The van der Waals surface area contributed by atoms with Gasteiger partial charge < -0.3 is 27.4 Å². The van der Waals surface area contributed by atoms with Crippen molar-refractivity contribution in [3.05, 3.63) is 0 Å². The van der Waals surface area contributed by atoms with E-state index in [-0.39, 0.29) is 38.0 Å². The second-order valence-corrected chi connectivity index (χ2v) is 3.51. The number of nitrogens with zero attached hydrogens (tertiary/aromatic N) is 1. The zero-order valence-corrected chi connectivity index (χ0v) is 11.5. The molecule has 0 saturated carbocycles. The first-order chi connectivity index (χ1) is 9.02. The Morgan fingerprint density at radius 2 is 1.15 bits per heavy atom. The summed E-state index contributed by atoms with van der Waals surface area (Å²) in [5.41, 5.74) is 14.1. The van der Waals surface area contributed by atoms with E-state index in [0.29, 0.717) is 0 Å². The fraction of sp³-hybridized carbons (Fsp3) is 0.600. The Bertz CT molecular complexity index is 285. The number of carboxylic acid groups (broad SMARTS) is 2. The minimum absolute atomic E-state index is 0.251. The van der Waals surface area contributed by atoms with Crippen molar-refractivity contribution in [2.75, 3.05) is 26.2 Å². The van der Waals surface area contributed by atoms with Gasteiger partial charge in [-0.1, -0.05) is 0 Å². The highest BCUT2D eigenvalue weighted by molar-refractivity contribution is 5.72. The highest BCUT2D eigenvalue weighted by Crippen LogP contribution is 1.86. The monoisotopic (exact) mass is 294 g/mol. The zero-order valence-electron chi connectivity index (χ0n) is 11.5. The molecular weight excluding hydrogens is 272 g/mol. The molecule has 0 heterocycles. The maximum atomic E-state index is 10.2. The first-order valence-electron chi connectivity index (χ1n) is 5.41. The average molecular weight is 294 g/mol. The molecule has 0 aliphatic carbocycles. The molecule has 10 heteroatoms. The molecule has 0 spiro atoms. The van der Waals surface area contributed by atoms with Crippen molar-refractivity contribution in [2.45, 2.75) is 13.8 Å². The third-order valence-corrected chi connectivity index (χ3v) is 1.16. The normalized spacial score (nSPS) is 8.60.